The van der Waals surface area contributed by atoms with Crippen molar-refractivity contribution in [3.8, 4) is 5.75 Å². The van der Waals surface area contributed by atoms with Gasteiger partial charge in [-0.15, -0.1) is 0 Å². The first-order chi connectivity index (χ1) is 10.0. The third-order valence-electron chi connectivity index (χ3n) is 3.33. The van der Waals surface area contributed by atoms with Crippen LogP contribution in [0.4, 0.5) is 0 Å². The minimum atomic E-state index is -0.482. The predicted molar refractivity (Wildman–Crippen MR) is 82.6 cm³/mol. The molecule has 1 unspecified atom stereocenters. The van der Waals surface area contributed by atoms with Crippen molar-refractivity contribution < 1.29 is 4.74 Å². The SMILES string of the molecule is CCOc1ccc(C(N)c2cc(C(C)C)n[nH]c2=O)cc1. The Morgan fingerprint density at radius 2 is 1.95 bits per heavy atom. The molecule has 5 heteroatoms. The summed E-state index contributed by atoms with van der Waals surface area (Å²) in [5.41, 5.74) is 8.19. The number of benzene rings is 1. The van der Waals surface area contributed by atoms with E-state index in [9.17, 15) is 4.79 Å². The zero-order chi connectivity index (χ0) is 15.4. The molecule has 5 nitrogen and oxygen atoms in total. The molecule has 0 fully saturated rings. The highest BCUT2D eigenvalue weighted by atomic mass is 16.5. The number of nitrogens with one attached hydrogen (secondary N) is 1. The van der Waals surface area contributed by atoms with Gasteiger partial charge < -0.3 is 10.5 Å². The molecule has 0 saturated heterocycles. The second-order valence-corrected chi connectivity index (χ2v) is 5.21. The lowest BCUT2D eigenvalue weighted by Gasteiger charge is -2.14. The van der Waals surface area contributed by atoms with Crippen LogP contribution in [0.3, 0.4) is 0 Å². The second-order valence-electron chi connectivity index (χ2n) is 5.21. The average molecular weight is 287 g/mol. The third-order valence-corrected chi connectivity index (χ3v) is 3.33. The molecule has 1 atom stereocenters. The molecule has 1 aromatic carbocycles. The Morgan fingerprint density at radius 1 is 1.29 bits per heavy atom. The van der Waals surface area contributed by atoms with Gasteiger partial charge in [-0.1, -0.05) is 26.0 Å². The lowest BCUT2D eigenvalue weighted by molar-refractivity contribution is 0.340. The molecule has 3 N–H and O–H groups in total. The summed E-state index contributed by atoms with van der Waals surface area (Å²) in [5.74, 6) is 1.02. The van der Waals surface area contributed by atoms with E-state index in [-0.39, 0.29) is 11.5 Å². The van der Waals surface area contributed by atoms with E-state index in [2.05, 4.69) is 10.2 Å². The Labute approximate surface area is 124 Å². The molecule has 0 radical (unpaired) electrons. The van der Waals surface area contributed by atoms with Crippen molar-refractivity contribution in [2.24, 2.45) is 5.73 Å². The molecule has 2 rings (SSSR count). The Balaban J connectivity index is 2.32. The van der Waals surface area contributed by atoms with Gasteiger partial charge in [-0.2, -0.15) is 5.10 Å². The highest BCUT2D eigenvalue weighted by Crippen LogP contribution is 2.21. The highest BCUT2D eigenvalue weighted by Gasteiger charge is 2.15. The zero-order valence-corrected chi connectivity index (χ0v) is 12.6. The minimum Gasteiger partial charge on any atom is -0.494 e. The molecule has 21 heavy (non-hydrogen) atoms. The van der Waals surface area contributed by atoms with Crippen molar-refractivity contribution in [2.45, 2.75) is 32.7 Å². The van der Waals surface area contributed by atoms with Crippen LogP contribution >= 0.6 is 0 Å². The quantitative estimate of drug-likeness (QED) is 0.884. The van der Waals surface area contributed by atoms with Crippen LogP contribution in [0.1, 0.15) is 49.6 Å². The van der Waals surface area contributed by atoms with E-state index >= 15 is 0 Å². The average Bonchev–Trinajstić information content (AvgIpc) is 2.48. The van der Waals surface area contributed by atoms with Gasteiger partial charge in [0.1, 0.15) is 5.75 Å². The van der Waals surface area contributed by atoms with E-state index in [0.717, 1.165) is 17.0 Å². The third kappa shape index (κ3) is 3.49. The van der Waals surface area contributed by atoms with Gasteiger partial charge in [0.05, 0.1) is 18.3 Å². The number of nitrogens with zero attached hydrogens (tertiary/aromatic N) is 1. The van der Waals surface area contributed by atoms with Crippen LogP contribution in [0, 0.1) is 0 Å². The van der Waals surface area contributed by atoms with Crippen LogP contribution in [-0.2, 0) is 0 Å². The fraction of sp³-hybridized carbons (Fsp3) is 0.375. The molecule has 0 bridgehead atoms. The molecule has 0 spiro atoms. The molecular weight excluding hydrogens is 266 g/mol. The maximum atomic E-state index is 12.0. The van der Waals surface area contributed by atoms with Crippen molar-refractivity contribution in [3.63, 3.8) is 0 Å². The van der Waals surface area contributed by atoms with Crippen molar-refractivity contribution >= 4 is 0 Å². The zero-order valence-electron chi connectivity index (χ0n) is 12.6. The van der Waals surface area contributed by atoms with E-state index in [1.54, 1.807) is 6.07 Å². The lowest BCUT2D eigenvalue weighted by Crippen LogP contribution is -2.24. The van der Waals surface area contributed by atoms with E-state index < -0.39 is 6.04 Å². The van der Waals surface area contributed by atoms with Crippen molar-refractivity contribution in [1.82, 2.24) is 10.2 Å². The molecule has 0 aliphatic heterocycles. The van der Waals surface area contributed by atoms with Crippen LogP contribution in [-0.4, -0.2) is 16.8 Å². The lowest BCUT2D eigenvalue weighted by atomic mass is 9.99. The van der Waals surface area contributed by atoms with Gasteiger partial charge in [0.25, 0.3) is 5.56 Å². The summed E-state index contributed by atoms with van der Waals surface area (Å²) < 4.78 is 5.40. The summed E-state index contributed by atoms with van der Waals surface area (Å²) in [6.07, 6.45) is 0. The first-order valence-electron chi connectivity index (χ1n) is 7.10. The minimum absolute atomic E-state index is 0.230. The molecule has 1 aromatic heterocycles. The molecule has 1 heterocycles. The normalized spacial score (nSPS) is 12.4. The van der Waals surface area contributed by atoms with E-state index in [0.29, 0.717) is 12.2 Å². The summed E-state index contributed by atoms with van der Waals surface area (Å²) >= 11 is 0. The highest BCUT2D eigenvalue weighted by molar-refractivity contribution is 5.34. The van der Waals surface area contributed by atoms with Gasteiger partial charge in [0.15, 0.2) is 0 Å². The van der Waals surface area contributed by atoms with Crippen LogP contribution in [0.2, 0.25) is 0 Å². The molecule has 2 aromatic rings. The Kier molecular flexibility index (Phi) is 4.75. The monoisotopic (exact) mass is 287 g/mol. The molecular formula is C16H21N3O2. The molecule has 112 valence electrons. The van der Waals surface area contributed by atoms with Crippen molar-refractivity contribution in [3.05, 3.63) is 57.5 Å². The molecule has 0 amide bonds. The largest absolute Gasteiger partial charge is 0.494 e. The van der Waals surface area contributed by atoms with E-state index in [4.69, 9.17) is 10.5 Å². The summed E-state index contributed by atoms with van der Waals surface area (Å²) in [5, 5.41) is 6.56. The van der Waals surface area contributed by atoms with Gasteiger partial charge >= 0.3 is 0 Å². The van der Waals surface area contributed by atoms with Gasteiger partial charge in [0.2, 0.25) is 0 Å². The number of hydrogen-bond donors (Lipinski definition) is 2. The fourth-order valence-electron chi connectivity index (χ4n) is 2.08. The fourth-order valence-corrected chi connectivity index (χ4v) is 2.08. The summed E-state index contributed by atoms with van der Waals surface area (Å²) in [4.78, 5) is 12.0. The van der Waals surface area contributed by atoms with Gasteiger partial charge in [-0.25, -0.2) is 5.10 Å². The standard InChI is InChI=1S/C16H21N3O2/c1-4-21-12-7-5-11(6-8-12)15(17)13-9-14(10(2)3)18-19-16(13)20/h5-10,15H,4,17H2,1-3H3,(H,19,20). The van der Waals surface area contributed by atoms with E-state index in [1.807, 2.05) is 45.0 Å². The number of aromatic amines is 1. The molecule has 0 aliphatic rings. The number of aromatic nitrogens is 2. The maximum absolute atomic E-state index is 12.0. The Hall–Kier alpha value is -2.14. The Bertz CT molecular complexity index is 647. The topological polar surface area (TPSA) is 81.0 Å². The van der Waals surface area contributed by atoms with E-state index in [1.165, 1.54) is 0 Å². The molecule has 0 saturated carbocycles. The first-order valence-corrected chi connectivity index (χ1v) is 7.10. The summed E-state index contributed by atoms with van der Waals surface area (Å²) in [6, 6.07) is 8.78. The number of ether oxygens (including phenoxy) is 1. The number of nitrogens with two attached hydrogens (primary N) is 1. The molecule has 0 aliphatic carbocycles. The van der Waals surface area contributed by atoms with Gasteiger partial charge in [-0.3, -0.25) is 4.79 Å². The summed E-state index contributed by atoms with van der Waals surface area (Å²) in [6.45, 7) is 6.59. The number of H-pyrrole nitrogens is 1. The van der Waals surface area contributed by atoms with Crippen molar-refractivity contribution in [2.75, 3.05) is 6.61 Å². The van der Waals surface area contributed by atoms with Crippen LogP contribution in [0.25, 0.3) is 0 Å². The second kappa shape index (κ2) is 6.54. The van der Waals surface area contributed by atoms with Crippen LogP contribution < -0.4 is 16.0 Å². The van der Waals surface area contributed by atoms with Gasteiger partial charge in [-0.05, 0) is 36.6 Å². The number of hydrogen-bond acceptors (Lipinski definition) is 4. The number of rotatable bonds is 5. The predicted octanol–water partition coefficient (Wildman–Crippen LogP) is 2.34. The van der Waals surface area contributed by atoms with Crippen LogP contribution in [0.15, 0.2) is 35.1 Å². The van der Waals surface area contributed by atoms with Crippen LogP contribution in [0.5, 0.6) is 5.75 Å². The van der Waals surface area contributed by atoms with Crippen molar-refractivity contribution in [1.29, 1.82) is 0 Å². The smallest absolute Gasteiger partial charge is 0.269 e. The first kappa shape index (κ1) is 15.3. The maximum Gasteiger partial charge on any atom is 0.269 e. The Morgan fingerprint density at radius 3 is 2.52 bits per heavy atom. The van der Waals surface area contributed by atoms with Gasteiger partial charge in [0, 0.05) is 5.56 Å². The summed E-state index contributed by atoms with van der Waals surface area (Å²) in [7, 11) is 0.